The molecule has 0 aromatic carbocycles. The molecule has 5 N–H and O–H groups in total. The molecule has 0 bridgehead atoms. The minimum Gasteiger partial charge on any atom is -0.369 e. The van der Waals surface area contributed by atoms with Crippen LogP contribution in [-0.4, -0.2) is 29.0 Å². The zero-order valence-electron chi connectivity index (χ0n) is 12.0. The van der Waals surface area contributed by atoms with Gasteiger partial charge in [-0.25, -0.2) is 15.8 Å². The molecule has 20 heavy (non-hydrogen) atoms. The van der Waals surface area contributed by atoms with E-state index in [4.69, 9.17) is 11.6 Å². The Kier molecular flexibility index (Phi) is 4.39. The Morgan fingerprint density at radius 3 is 2.85 bits per heavy atom. The van der Waals surface area contributed by atoms with Crippen molar-refractivity contribution in [2.45, 2.75) is 32.6 Å². The van der Waals surface area contributed by atoms with E-state index in [-0.39, 0.29) is 17.7 Å². The Bertz CT molecular complexity index is 490. The Labute approximate surface area is 118 Å². The average molecular weight is 278 g/mol. The van der Waals surface area contributed by atoms with Crippen LogP contribution < -0.4 is 21.9 Å². The number of primary amides is 1. The number of hydrogen-bond donors (Lipinski definition) is 3. The van der Waals surface area contributed by atoms with Crippen LogP contribution in [-0.2, 0) is 4.79 Å². The smallest absolute Gasteiger partial charge is 0.222 e. The molecule has 2 rings (SSSR count). The predicted molar refractivity (Wildman–Crippen MR) is 78.1 cm³/mol. The SMILES string of the molecule is CC(C)c1c(NN)ncnc1N1CCCC(C(N)=O)C1. The maximum absolute atomic E-state index is 11.4. The number of nitrogens with one attached hydrogen (secondary N) is 1. The molecule has 1 fully saturated rings. The van der Waals surface area contributed by atoms with E-state index >= 15 is 0 Å². The summed E-state index contributed by atoms with van der Waals surface area (Å²) in [7, 11) is 0. The van der Waals surface area contributed by atoms with Crippen LogP contribution in [0.2, 0.25) is 0 Å². The fourth-order valence-corrected chi connectivity index (χ4v) is 2.69. The first kappa shape index (κ1) is 14.5. The number of hydrogen-bond acceptors (Lipinski definition) is 6. The van der Waals surface area contributed by atoms with Crippen molar-refractivity contribution < 1.29 is 4.79 Å². The lowest BCUT2D eigenvalue weighted by Crippen LogP contribution is -2.42. The normalized spacial score (nSPS) is 19.2. The Morgan fingerprint density at radius 1 is 1.50 bits per heavy atom. The number of nitrogens with zero attached hydrogens (tertiary/aromatic N) is 3. The fraction of sp³-hybridized carbons (Fsp3) is 0.615. The summed E-state index contributed by atoms with van der Waals surface area (Å²) in [6.07, 6.45) is 3.26. The predicted octanol–water partition coefficient (Wildman–Crippen LogP) is 0.587. The van der Waals surface area contributed by atoms with Gasteiger partial charge < -0.3 is 16.1 Å². The molecule has 7 nitrogen and oxygen atoms in total. The first-order valence-corrected chi connectivity index (χ1v) is 6.90. The van der Waals surface area contributed by atoms with Crippen molar-refractivity contribution in [3.63, 3.8) is 0 Å². The number of nitrogen functional groups attached to an aromatic ring is 1. The van der Waals surface area contributed by atoms with Crippen LogP contribution in [0.1, 0.15) is 38.2 Å². The molecule has 1 amide bonds. The quantitative estimate of drug-likeness (QED) is 0.549. The molecule has 0 saturated carbocycles. The van der Waals surface area contributed by atoms with Crippen LogP contribution in [0.3, 0.4) is 0 Å². The van der Waals surface area contributed by atoms with E-state index in [1.807, 2.05) is 0 Å². The first-order valence-electron chi connectivity index (χ1n) is 6.90. The molecule has 1 aliphatic rings. The zero-order valence-corrected chi connectivity index (χ0v) is 12.0. The number of nitrogens with two attached hydrogens (primary N) is 2. The van der Waals surface area contributed by atoms with Crippen molar-refractivity contribution in [3.8, 4) is 0 Å². The second-order valence-corrected chi connectivity index (χ2v) is 5.45. The fourth-order valence-electron chi connectivity index (χ4n) is 2.69. The molecular formula is C13H22N6O. The van der Waals surface area contributed by atoms with Gasteiger partial charge in [0.2, 0.25) is 5.91 Å². The van der Waals surface area contributed by atoms with Gasteiger partial charge in [0, 0.05) is 18.7 Å². The van der Waals surface area contributed by atoms with Gasteiger partial charge in [0.1, 0.15) is 18.0 Å². The molecule has 0 aliphatic carbocycles. The second kappa shape index (κ2) is 6.04. The largest absolute Gasteiger partial charge is 0.369 e. The van der Waals surface area contributed by atoms with E-state index in [2.05, 4.69) is 34.1 Å². The van der Waals surface area contributed by atoms with Gasteiger partial charge in [0.25, 0.3) is 0 Å². The third kappa shape index (κ3) is 2.82. The molecule has 1 aromatic rings. The van der Waals surface area contributed by atoms with Gasteiger partial charge in [0.15, 0.2) is 0 Å². The van der Waals surface area contributed by atoms with Crippen LogP contribution in [0.5, 0.6) is 0 Å². The minimum absolute atomic E-state index is 0.118. The summed E-state index contributed by atoms with van der Waals surface area (Å²) >= 11 is 0. The van der Waals surface area contributed by atoms with Crippen LogP contribution >= 0.6 is 0 Å². The van der Waals surface area contributed by atoms with Gasteiger partial charge >= 0.3 is 0 Å². The molecule has 110 valence electrons. The molecule has 1 unspecified atom stereocenters. The van der Waals surface area contributed by atoms with Gasteiger partial charge in [-0.2, -0.15) is 0 Å². The highest BCUT2D eigenvalue weighted by atomic mass is 16.1. The minimum atomic E-state index is -0.243. The number of anilines is 2. The number of carbonyl (C=O) groups is 1. The van der Waals surface area contributed by atoms with Gasteiger partial charge in [-0.3, -0.25) is 4.79 Å². The summed E-state index contributed by atoms with van der Waals surface area (Å²) in [5.74, 6) is 6.87. The number of aromatic nitrogens is 2. The van der Waals surface area contributed by atoms with Crippen molar-refractivity contribution >= 4 is 17.5 Å². The van der Waals surface area contributed by atoms with Gasteiger partial charge in [0.05, 0.1) is 5.92 Å². The molecule has 7 heteroatoms. The molecule has 0 spiro atoms. The monoisotopic (exact) mass is 278 g/mol. The summed E-state index contributed by atoms with van der Waals surface area (Å²) in [6, 6.07) is 0. The lowest BCUT2D eigenvalue weighted by atomic mass is 9.96. The number of amides is 1. The standard InChI is InChI=1S/C13H22N6O/c1-8(2)10-12(18-15)16-7-17-13(10)19-5-3-4-9(6-19)11(14)20/h7-9H,3-6,15H2,1-2H3,(H2,14,20)(H,16,17,18). The Balaban J connectivity index is 2.34. The Hall–Kier alpha value is -1.89. The highest BCUT2D eigenvalue weighted by Gasteiger charge is 2.27. The van der Waals surface area contributed by atoms with Crippen LogP contribution in [0.25, 0.3) is 0 Å². The molecular weight excluding hydrogens is 256 g/mol. The molecule has 1 saturated heterocycles. The lowest BCUT2D eigenvalue weighted by molar-refractivity contribution is -0.122. The number of piperidine rings is 1. The third-order valence-electron chi connectivity index (χ3n) is 3.70. The summed E-state index contributed by atoms with van der Waals surface area (Å²) in [5, 5.41) is 0. The number of hydrazine groups is 1. The molecule has 1 atom stereocenters. The number of carbonyl (C=O) groups excluding carboxylic acids is 1. The molecule has 2 heterocycles. The van der Waals surface area contributed by atoms with E-state index in [1.165, 1.54) is 6.33 Å². The summed E-state index contributed by atoms with van der Waals surface area (Å²) in [6.45, 7) is 5.61. The molecule has 1 aromatic heterocycles. The van der Waals surface area contributed by atoms with Gasteiger partial charge in [-0.15, -0.1) is 0 Å². The van der Waals surface area contributed by atoms with E-state index in [1.54, 1.807) is 0 Å². The van der Waals surface area contributed by atoms with Crippen molar-refractivity contribution in [2.24, 2.45) is 17.5 Å². The van der Waals surface area contributed by atoms with Crippen molar-refractivity contribution in [1.82, 2.24) is 9.97 Å². The third-order valence-corrected chi connectivity index (χ3v) is 3.70. The molecule has 0 radical (unpaired) electrons. The first-order chi connectivity index (χ1) is 9.54. The average Bonchev–Trinajstić information content (AvgIpc) is 2.46. The van der Waals surface area contributed by atoms with E-state index in [0.717, 1.165) is 30.8 Å². The van der Waals surface area contributed by atoms with Gasteiger partial charge in [-0.1, -0.05) is 13.8 Å². The highest BCUT2D eigenvalue weighted by Crippen LogP contribution is 2.32. The van der Waals surface area contributed by atoms with Crippen molar-refractivity contribution in [2.75, 3.05) is 23.4 Å². The van der Waals surface area contributed by atoms with Crippen molar-refractivity contribution in [1.29, 1.82) is 0 Å². The maximum atomic E-state index is 11.4. The summed E-state index contributed by atoms with van der Waals surface area (Å²) < 4.78 is 0. The van der Waals surface area contributed by atoms with E-state index < -0.39 is 0 Å². The second-order valence-electron chi connectivity index (χ2n) is 5.45. The van der Waals surface area contributed by atoms with E-state index in [0.29, 0.717) is 12.4 Å². The van der Waals surface area contributed by atoms with Crippen molar-refractivity contribution in [3.05, 3.63) is 11.9 Å². The number of rotatable bonds is 4. The topological polar surface area (TPSA) is 110 Å². The van der Waals surface area contributed by atoms with Gasteiger partial charge in [-0.05, 0) is 18.8 Å². The summed E-state index contributed by atoms with van der Waals surface area (Å²) in [5.41, 5.74) is 9.02. The van der Waals surface area contributed by atoms with Crippen LogP contribution in [0.15, 0.2) is 6.33 Å². The lowest BCUT2D eigenvalue weighted by Gasteiger charge is -2.34. The molecule has 1 aliphatic heterocycles. The van der Waals surface area contributed by atoms with Crippen LogP contribution in [0, 0.1) is 5.92 Å². The summed E-state index contributed by atoms with van der Waals surface area (Å²) in [4.78, 5) is 22.1. The van der Waals surface area contributed by atoms with Crippen LogP contribution in [0.4, 0.5) is 11.6 Å². The Morgan fingerprint density at radius 2 is 2.25 bits per heavy atom. The highest BCUT2D eigenvalue weighted by molar-refractivity contribution is 5.77. The maximum Gasteiger partial charge on any atom is 0.222 e. The van der Waals surface area contributed by atoms with E-state index in [9.17, 15) is 4.79 Å². The zero-order chi connectivity index (χ0) is 14.7.